The smallest absolute Gasteiger partial charge is 0.120 e. The van der Waals surface area contributed by atoms with Crippen molar-refractivity contribution in [2.24, 2.45) is 11.8 Å². The van der Waals surface area contributed by atoms with Crippen LogP contribution in [-0.2, 0) is 13.0 Å². The summed E-state index contributed by atoms with van der Waals surface area (Å²) >= 11 is 0. The van der Waals surface area contributed by atoms with Crippen LogP contribution in [0.5, 0.6) is 5.75 Å². The normalized spacial score (nSPS) is 19.9. The zero-order chi connectivity index (χ0) is 15.2. The van der Waals surface area contributed by atoms with Crippen LogP contribution in [0.15, 0.2) is 54.6 Å². The molecule has 1 aliphatic rings. The first-order valence-electron chi connectivity index (χ1n) is 8.27. The van der Waals surface area contributed by atoms with Gasteiger partial charge in [-0.05, 0) is 61.0 Å². The summed E-state index contributed by atoms with van der Waals surface area (Å²) in [4.78, 5) is 0. The van der Waals surface area contributed by atoms with Gasteiger partial charge in [-0.3, -0.25) is 0 Å². The highest BCUT2D eigenvalue weighted by Crippen LogP contribution is 2.36. The van der Waals surface area contributed by atoms with Gasteiger partial charge in [0, 0.05) is 0 Å². The van der Waals surface area contributed by atoms with E-state index in [1.807, 2.05) is 24.3 Å². The van der Waals surface area contributed by atoms with Crippen LogP contribution in [-0.4, -0.2) is 13.1 Å². The SMILES string of the molecule is CC1CC1CNCCc1cccc(OCc2ccccc2)c1. The van der Waals surface area contributed by atoms with Crippen LogP contribution in [0.2, 0.25) is 0 Å². The fourth-order valence-corrected chi connectivity index (χ4v) is 2.74. The fraction of sp³-hybridized carbons (Fsp3) is 0.400. The van der Waals surface area contributed by atoms with Crippen molar-refractivity contribution in [3.05, 3.63) is 65.7 Å². The standard InChI is InChI=1S/C20H25NO/c1-16-12-19(16)14-21-11-10-17-8-5-9-20(13-17)22-15-18-6-3-2-4-7-18/h2-9,13,16,19,21H,10-12,14-15H2,1H3. The number of benzene rings is 2. The largest absolute Gasteiger partial charge is 0.489 e. The summed E-state index contributed by atoms with van der Waals surface area (Å²) in [6, 6.07) is 18.7. The van der Waals surface area contributed by atoms with Crippen LogP contribution < -0.4 is 10.1 Å². The first-order valence-corrected chi connectivity index (χ1v) is 8.27. The Morgan fingerprint density at radius 1 is 1.05 bits per heavy atom. The van der Waals surface area contributed by atoms with Crippen molar-refractivity contribution in [1.82, 2.24) is 5.32 Å². The second kappa shape index (κ2) is 7.46. The summed E-state index contributed by atoms with van der Waals surface area (Å²) in [6.45, 7) is 5.18. The lowest BCUT2D eigenvalue weighted by molar-refractivity contribution is 0.306. The van der Waals surface area contributed by atoms with Crippen molar-refractivity contribution in [2.45, 2.75) is 26.4 Å². The molecule has 2 atom stereocenters. The molecular formula is C20H25NO. The van der Waals surface area contributed by atoms with E-state index >= 15 is 0 Å². The van der Waals surface area contributed by atoms with Crippen molar-refractivity contribution in [2.75, 3.05) is 13.1 Å². The highest BCUT2D eigenvalue weighted by molar-refractivity contribution is 5.29. The lowest BCUT2D eigenvalue weighted by Gasteiger charge is -2.09. The Hall–Kier alpha value is -1.80. The van der Waals surface area contributed by atoms with Crippen molar-refractivity contribution in [3.63, 3.8) is 0 Å². The van der Waals surface area contributed by atoms with Crippen LogP contribution in [0.3, 0.4) is 0 Å². The van der Waals surface area contributed by atoms with Gasteiger partial charge in [-0.25, -0.2) is 0 Å². The number of hydrogen-bond donors (Lipinski definition) is 1. The van der Waals surface area contributed by atoms with E-state index in [4.69, 9.17) is 4.74 Å². The van der Waals surface area contributed by atoms with E-state index in [0.29, 0.717) is 6.61 Å². The van der Waals surface area contributed by atoms with Crippen LogP contribution >= 0.6 is 0 Å². The zero-order valence-corrected chi connectivity index (χ0v) is 13.3. The molecule has 2 nitrogen and oxygen atoms in total. The summed E-state index contributed by atoms with van der Waals surface area (Å²) in [7, 11) is 0. The second-order valence-corrected chi connectivity index (χ2v) is 6.35. The summed E-state index contributed by atoms with van der Waals surface area (Å²) in [5, 5.41) is 3.56. The molecule has 1 aliphatic carbocycles. The predicted octanol–water partition coefficient (Wildman–Crippen LogP) is 4.05. The monoisotopic (exact) mass is 295 g/mol. The molecule has 0 saturated heterocycles. The van der Waals surface area contributed by atoms with Gasteiger partial charge in [0.1, 0.15) is 12.4 Å². The predicted molar refractivity (Wildman–Crippen MR) is 91.1 cm³/mol. The van der Waals surface area contributed by atoms with Gasteiger partial charge in [0.2, 0.25) is 0 Å². The number of nitrogens with one attached hydrogen (secondary N) is 1. The highest BCUT2D eigenvalue weighted by atomic mass is 16.5. The zero-order valence-electron chi connectivity index (χ0n) is 13.3. The van der Waals surface area contributed by atoms with E-state index < -0.39 is 0 Å². The minimum absolute atomic E-state index is 0.627. The van der Waals surface area contributed by atoms with Crippen LogP contribution in [0.4, 0.5) is 0 Å². The number of hydrogen-bond acceptors (Lipinski definition) is 2. The summed E-state index contributed by atoms with van der Waals surface area (Å²) in [6.07, 6.45) is 2.46. The van der Waals surface area contributed by atoms with Crippen LogP contribution in [0, 0.1) is 11.8 Å². The Morgan fingerprint density at radius 3 is 2.59 bits per heavy atom. The Balaban J connectivity index is 1.43. The molecule has 0 heterocycles. The van der Waals surface area contributed by atoms with E-state index in [2.05, 4.69) is 42.6 Å². The Bertz CT molecular complexity index is 581. The first kappa shape index (κ1) is 15.1. The number of rotatable bonds is 8. The maximum atomic E-state index is 5.88. The minimum Gasteiger partial charge on any atom is -0.489 e. The van der Waals surface area contributed by atoms with Gasteiger partial charge in [-0.15, -0.1) is 0 Å². The molecule has 0 aliphatic heterocycles. The molecule has 0 radical (unpaired) electrons. The van der Waals surface area contributed by atoms with Gasteiger partial charge >= 0.3 is 0 Å². The average molecular weight is 295 g/mol. The van der Waals surface area contributed by atoms with Crippen molar-refractivity contribution in [3.8, 4) is 5.75 Å². The molecular weight excluding hydrogens is 270 g/mol. The van der Waals surface area contributed by atoms with E-state index in [0.717, 1.165) is 30.6 Å². The number of ether oxygens (including phenoxy) is 1. The summed E-state index contributed by atoms with van der Waals surface area (Å²) in [5.74, 6) is 2.81. The molecule has 3 rings (SSSR count). The van der Waals surface area contributed by atoms with Gasteiger partial charge in [0.25, 0.3) is 0 Å². The van der Waals surface area contributed by atoms with E-state index in [1.165, 1.54) is 24.1 Å². The van der Waals surface area contributed by atoms with Gasteiger partial charge < -0.3 is 10.1 Å². The fourth-order valence-electron chi connectivity index (χ4n) is 2.74. The van der Waals surface area contributed by atoms with Crippen molar-refractivity contribution in [1.29, 1.82) is 0 Å². The van der Waals surface area contributed by atoms with Crippen molar-refractivity contribution >= 4 is 0 Å². The molecule has 116 valence electrons. The molecule has 22 heavy (non-hydrogen) atoms. The molecule has 2 aromatic carbocycles. The van der Waals surface area contributed by atoms with E-state index in [-0.39, 0.29) is 0 Å². The molecule has 1 fully saturated rings. The maximum Gasteiger partial charge on any atom is 0.120 e. The third-order valence-corrected chi connectivity index (χ3v) is 4.42. The molecule has 2 unspecified atom stereocenters. The van der Waals surface area contributed by atoms with Gasteiger partial charge in [-0.1, -0.05) is 49.4 Å². The second-order valence-electron chi connectivity index (χ2n) is 6.35. The Kier molecular flexibility index (Phi) is 5.12. The van der Waals surface area contributed by atoms with Crippen LogP contribution in [0.1, 0.15) is 24.5 Å². The molecule has 2 aromatic rings. The quantitative estimate of drug-likeness (QED) is 0.742. The van der Waals surface area contributed by atoms with Crippen molar-refractivity contribution < 1.29 is 4.74 Å². The summed E-state index contributed by atoms with van der Waals surface area (Å²) < 4.78 is 5.88. The maximum absolute atomic E-state index is 5.88. The molecule has 0 aromatic heterocycles. The minimum atomic E-state index is 0.627. The molecule has 0 bridgehead atoms. The summed E-state index contributed by atoms with van der Waals surface area (Å²) in [5.41, 5.74) is 2.54. The highest BCUT2D eigenvalue weighted by Gasteiger charge is 2.31. The first-order chi connectivity index (χ1) is 10.8. The van der Waals surface area contributed by atoms with Crippen LogP contribution in [0.25, 0.3) is 0 Å². The van der Waals surface area contributed by atoms with Gasteiger partial charge in [0.15, 0.2) is 0 Å². The lowest BCUT2D eigenvalue weighted by Crippen LogP contribution is -2.20. The van der Waals surface area contributed by atoms with E-state index in [1.54, 1.807) is 0 Å². The lowest BCUT2D eigenvalue weighted by atomic mass is 10.1. The topological polar surface area (TPSA) is 21.3 Å². The third kappa shape index (κ3) is 4.60. The molecule has 1 saturated carbocycles. The average Bonchev–Trinajstić information content (AvgIpc) is 3.26. The third-order valence-electron chi connectivity index (χ3n) is 4.42. The Morgan fingerprint density at radius 2 is 1.82 bits per heavy atom. The molecule has 2 heteroatoms. The molecule has 0 spiro atoms. The Labute approximate surface area is 133 Å². The van der Waals surface area contributed by atoms with Gasteiger partial charge in [0.05, 0.1) is 0 Å². The molecule has 1 N–H and O–H groups in total. The van der Waals surface area contributed by atoms with E-state index in [9.17, 15) is 0 Å². The van der Waals surface area contributed by atoms with Gasteiger partial charge in [-0.2, -0.15) is 0 Å². The molecule has 0 amide bonds.